The number of imidazole rings is 1. The zero-order valence-electron chi connectivity index (χ0n) is 14.0. The molecule has 0 aliphatic heterocycles. The van der Waals surface area contributed by atoms with E-state index in [1.165, 1.54) is 37.8 Å². The molecule has 0 unspecified atom stereocenters. The Morgan fingerprint density at radius 2 is 1.71 bits per heavy atom. The van der Waals surface area contributed by atoms with E-state index in [-0.39, 0.29) is 0 Å². The van der Waals surface area contributed by atoms with Crippen molar-refractivity contribution in [3.05, 3.63) is 17.7 Å². The van der Waals surface area contributed by atoms with E-state index in [1.807, 2.05) is 6.20 Å². The van der Waals surface area contributed by atoms with E-state index in [1.54, 1.807) is 0 Å². The Bertz CT molecular complexity index is 341. The predicted octanol–water partition coefficient (Wildman–Crippen LogP) is 4.75. The maximum Gasteiger partial charge on any atom is 0.303 e. The molecule has 0 radical (unpaired) electrons. The van der Waals surface area contributed by atoms with Gasteiger partial charge in [-0.25, -0.2) is 4.98 Å². The van der Waals surface area contributed by atoms with Gasteiger partial charge in [-0.3, -0.25) is 4.79 Å². The minimum absolute atomic E-state index is 0.337. The molecule has 0 saturated carbocycles. The van der Waals surface area contributed by atoms with Crippen molar-refractivity contribution >= 4 is 5.97 Å². The lowest BCUT2D eigenvalue weighted by Gasteiger charge is -1.95. The van der Waals surface area contributed by atoms with E-state index in [9.17, 15) is 4.79 Å². The number of aromatic amines is 1. The molecular formula is C17H32N2O2. The van der Waals surface area contributed by atoms with Crippen LogP contribution in [0.25, 0.3) is 0 Å². The number of carboxylic acids is 1. The summed E-state index contributed by atoms with van der Waals surface area (Å²) >= 11 is 0. The van der Waals surface area contributed by atoms with Gasteiger partial charge in [0.1, 0.15) is 5.82 Å². The largest absolute Gasteiger partial charge is 0.481 e. The van der Waals surface area contributed by atoms with Gasteiger partial charge in [0.15, 0.2) is 0 Å². The molecule has 0 amide bonds. The zero-order chi connectivity index (χ0) is 15.9. The van der Waals surface area contributed by atoms with E-state index in [4.69, 9.17) is 5.11 Å². The second kappa shape index (κ2) is 13.7. The molecule has 0 fully saturated rings. The first-order valence-electron chi connectivity index (χ1n) is 8.38. The van der Waals surface area contributed by atoms with Gasteiger partial charge in [0, 0.05) is 24.7 Å². The van der Waals surface area contributed by atoms with Crippen LogP contribution in [0, 0.1) is 0 Å². The van der Waals surface area contributed by atoms with E-state index in [0.717, 1.165) is 31.5 Å². The van der Waals surface area contributed by atoms with E-state index in [0.29, 0.717) is 6.42 Å². The van der Waals surface area contributed by atoms with Gasteiger partial charge in [0.05, 0.1) is 0 Å². The quantitative estimate of drug-likeness (QED) is 0.612. The lowest BCUT2D eigenvalue weighted by Crippen LogP contribution is -1.93. The molecule has 1 aromatic rings. The molecule has 2 N–H and O–H groups in total. The topological polar surface area (TPSA) is 66.0 Å². The fraction of sp³-hybridized carbons (Fsp3) is 0.765. The molecule has 21 heavy (non-hydrogen) atoms. The predicted molar refractivity (Wildman–Crippen MR) is 87.6 cm³/mol. The summed E-state index contributed by atoms with van der Waals surface area (Å²) in [6, 6.07) is 0. The lowest BCUT2D eigenvalue weighted by molar-refractivity contribution is -0.137. The van der Waals surface area contributed by atoms with Gasteiger partial charge < -0.3 is 10.1 Å². The monoisotopic (exact) mass is 296 g/mol. The Morgan fingerprint density at radius 3 is 2.29 bits per heavy atom. The van der Waals surface area contributed by atoms with Crippen LogP contribution in [0.15, 0.2) is 6.20 Å². The van der Waals surface area contributed by atoms with Gasteiger partial charge >= 0.3 is 5.97 Å². The molecule has 4 heteroatoms. The summed E-state index contributed by atoms with van der Waals surface area (Å²) in [7, 11) is 0. The molecule has 1 aromatic heterocycles. The van der Waals surface area contributed by atoms with Crippen LogP contribution in [0.4, 0.5) is 0 Å². The normalized spacial score (nSPS) is 10.0. The average molecular weight is 296 g/mol. The van der Waals surface area contributed by atoms with Crippen LogP contribution in [0.2, 0.25) is 0 Å². The van der Waals surface area contributed by atoms with Crippen molar-refractivity contribution in [2.24, 2.45) is 0 Å². The molecule has 0 saturated heterocycles. The number of hydrogen-bond acceptors (Lipinski definition) is 2. The molecule has 0 aromatic carbocycles. The van der Waals surface area contributed by atoms with Crippen molar-refractivity contribution < 1.29 is 9.90 Å². The fourth-order valence-corrected chi connectivity index (χ4v) is 2.05. The van der Waals surface area contributed by atoms with Crippen molar-refractivity contribution in [3.63, 3.8) is 0 Å². The highest BCUT2D eigenvalue weighted by atomic mass is 16.4. The Hall–Kier alpha value is -1.32. The molecule has 122 valence electrons. The Labute approximate surface area is 129 Å². The number of aryl methyl sites for hydroxylation is 2. The van der Waals surface area contributed by atoms with Crippen molar-refractivity contribution in [2.45, 2.75) is 85.0 Å². The van der Waals surface area contributed by atoms with Gasteiger partial charge in [-0.05, 0) is 19.3 Å². The summed E-state index contributed by atoms with van der Waals surface area (Å²) in [5.41, 5.74) is 1.27. The van der Waals surface area contributed by atoms with Gasteiger partial charge in [0.2, 0.25) is 0 Å². The molecule has 0 aliphatic carbocycles. The van der Waals surface area contributed by atoms with E-state index >= 15 is 0 Å². The first kappa shape index (κ1) is 19.7. The number of rotatable bonds is 10. The highest BCUT2D eigenvalue weighted by molar-refractivity contribution is 5.66. The maximum absolute atomic E-state index is 10.0. The molecule has 0 aliphatic rings. The summed E-state index contributed by atoms with van der Waals surface area (Å²) < 4.78 is 0. The summed E-state index contributed by atoms with van der Waals surface area (Å²) in [4.78, 5) is 17.6. The maximum atomic E-state index is 10.0. The number of H-pyrrole nitrogens is 1. The van der Waals surface area contributed by atoms with Crippen molar-refractivity contribution in [1.29, 1.82) is 0 Å². The molecular weight excluding hydrogens is 264 g/mol. The van der Waals surface area contributed by atoms with Crippen LogP contribution < -0.4 is 0 Å². The van der Waals surface area contributed by atoms with Gasteiger partial charge in [0.25, 0.3) is 0 Å². The molecule has 1 heterocycles. The SMILES string of the molecule is CCCCCCCC(=O)O.CCCc1cnc(CCC)[nH]1. The van der Waals surface area contributed by atoms with Crippen LogP contribution in [-0.2, 0) is 17.6 Å². The molecule has 0 spiro atoms. The van der Waals surface area contributed by atoms with E-state index < -0.39 is 5.97 Å². The minimum atomic E-state index is -0.670. The highest BCUT2D eigenvalue weighted by Crippen LogP contribution is 2.04. The summed E-state index contributed by atoms with van der Waals surface area (Å²) in [6.45, 7) is 6.50. The lowest BCUT2D eigenvalue weighted by atomic mass is 10.1. The third-order valence-corrected chi connectivity index (χ3v) is 3.18. The second-order valence-electron chi connectivity index (χ2n) is 5.41. The van der Waals surface area contributed by atoms with Crippen molar-refractivity contribution in [2.75, 3.05) is 0 Å². The van der Waals surface area contributed by atoms with Crippen LogP contribution in [0.3, 0.4) is 0 Å². The average Bonchev–Trinajstić information content (AvgIpc) is 2.87. The summed E-state index contributed by atoms with van der Waals surface area (Å²) in [5, 5.41) is 8.27. The zero-order valence-corrected chi connectivity index (χ0v) is 14.0. The fourth-order valence-electron chi connectivity index (χ4n) is 2.05. The number of unbranched alkanes of at least 4 members (excludes halogenated alkanes) is 4. The van der Waals surface area contributed by atoms with Gasteiger partial charge in [-0.2, -0.15) is 0 Å². The van der Waals surface area contributed by atoms with Crippen molar-refractivity contribution in [3.8, 4) is 0 Å². The Kier molecular flexibility index (Phi) is 12.8. The Balaban J connectivity index is 0.000000384. The Morgan fingerprint density at radius 1 is 1.05 bits per heavy atom. The number of aliphatic carboxylic acids is 1. The third kappa shape index (κ3) is 12.2. The third-order valence-electron chi connectivity index (χ3n) is 3.18. The van der Waals surface area contributed by atoms with E-state index in [2.05, 4.69) is 30.7 Å². The van der Waals surface area contributed by atoms with Gasteiger partial charge in [-0.15, -0.1) is 0 Å². The standard InChI is InChI=1S/C9H16N2.C8H16O2/c1-3-5-8-7-10-9(11-8)6-4-2;1-2-3-4-5-6-7-8(9)10/h7H,3-6H2,1-2H3,(H,10,11);2-7H2,1H3,(H,9,10). The number of hydrogen-bond donors (Lipinski definition) is 2. The number of aromatic nitrogens is 2. The molecule has 0 bridgehead atoms. The van der Waals surface area contributed by atoms with Crippen LogP contribution in [0.5, 0.6) is 0 Å². The highest BCUT2D eigenvalue weighted by Gasteiger charge is 1.97. The van der Waals surface area contributed by atoms with Gasteiger partial charge in [-0.1, -0.05) is 52.9 Å². The van der Waals surface area contributed by atoms with Crippen LogP contribution >= 0.6 is 0 Å². The smallest absolute Gasteiger partial charge is 0.303 e. The van der Waals surface area contributed by atoms with Crippen LogP contribution in [0.1, 0.15) is 83.7 Å². The summed E-state index contributed by atoms with van der Waals surface area (Å²) in [5.74, 6) is 0.465. The molecule has 0 atom stereocenters. The number of nitrogens with one attached hydrogen (secondary N) is 1. The number of carboxylic acid groups (broad SMARTS) is 1. The first-order chi connectivity index (χ1) is 10.1. The minimum Gasteiger partial charge on any atom is -0.481 e. The molecule has 4 nitrogen and oxygen atoms in total. The van der Waals surface area contributed by atoms with Crippen molar-refractivity contribution in [1.82, 2.24) is 9.97 Å². The van der Waals surface area contributed by atoms with Crippen LogP contribution in [-0.4, -0.2) is 21.0 Å². The number of nitrogens with zero attached hydrogens (tertiary/aromatic N) is 1. The number of carbonyl (C=O) groups is 1. The first-order valence-corrected chi connectivity index (χ1v) is 8.38. The second-order valence-corrected chi connectivity index (χ2v) is 5.41. The molecule has 1 rings (SSSR count). The summed E-state index contributed by atoms with van der Waals surface area (Å²) in [6.07, 6.45) is 12.4.